The maximum atomic E-state index is 11.9. The van der Waals surface area contributed by atoms with Crippen molar-refractivity contribution < 1.29 is 14.6 Å². The molecule has 0 aliphatic carbocycles. The Hall–Kier alpha value is -1.40. The van der Waals surface area contributed by atoms with Gasteiger partial charge in [0.15, 0.2) is 0 Å². The average molecular weight is 284 g/mol. The molecule has 0 aliphatic heterocycles. The third kappa shape index (κ3) is 5.40. The molecule has 5 nitrogen and oxygen atoms in total. The second-order valence-corrected chi connectivity index (χ2v) is 5.13. The molecule has 1 amide bonds. The highest BCUT2D eigenvalue weighted by atomic mass is 32.2. The maximum absolute atomic E-state index is 11.9. The lowest BCUT2D eigenvalue weighted by molar-refractivity contribution is 0.0953. The molecule has 19 heavy (non-hydrogen) atoms. The predicted octanol–water partition coefficient (Wildman–Crippen LogP) is 1.12. The molecule has 0 saturated heterocycles. The van der Waals surface area contributed by atoms with Crippen LogP contribution in [0.15, 0.2) is 18.2 Å². The Kier molecular flexibility index (Phi) is 7.14. The molecule has 0 unspecified atom stereocenters. The standard InChI is InChI=1S/C13H20N2O3S/c1-18-12-9-10(14)3-4-11(12)13(17)15-5-8-19-7-2-6-16/h3-4,9,16H,2,5-8,14H2,1H3,(H,15,17). The molecule has 106 valence electrons. The second-order valence-electron chi connectivity index (χ2n) is 3.91. The number of nitrogens with one attached hydrogen (secondary N) is 1. The largest absolute Gasteiger partial charge is 0.496 e. The number of thioether (sulfide) groups is 1. The van der Waals surface area contributed by atoms with Crippen molar-refractivity contribution >= 4 is 23.4 Å². The third-order valence-corrected chi connectivity index (χ3v) is 3.52. The predicted molar refractivity (Wildman–Crippen MR) is 78.8 cm³/mol. The number of ether oxygens (including phenoxy) is 1. The number of amides is 1. The SMILES string of the molecule is COc1cc(N)ccc1C(=O)NCCSCCCO. The van der Waals surface area contributed by atoms with E-state index in [4.69, 9.17) is 15.6 Å². The van der Waals surface area contributed by atoms with E-state index in [-0.39, 0.29) is 12.5 Å². The van der Waals surface area contributed by atoms with Crippen molar-refractivity contribution in [2.75, 3.05) is 37.5 Å². The van der Waals surface area contributed by atoms with Gasteiger partial charge in [-0.1, -0.05) is 0 Å². The van der Waals surface area contributed by atoms with Crippen LogP contribution < -0.4 is 15.8 Å². The normalized spacial score (nSPS) is 10.2. The number of nitrogens with two attached hydrogens (primary N) is 1. The van der Waals surface area contributed by atoms with Gasteiger partial charge in [-0.3, -0.25) is 4.79 Å². The highest BCUT2D eigenvalue weighted by molar-refractivity contribution is 7.99. The molecule has 4 N–H and O–H groups in total. The van der Waals surface area contributed by atoms with Crippen molar-refractivity contribution in [3.05, 3.63) is 23.8 Å². The van der Waals surface area contributed by atoms with E-state index < -0.39 is 0 Å². The van der Waals surface area contributed by atoms with E-state index in [9.17, 15) is 4.79 Å². The number of hydrogen-bond donors (Lipinski definition) is 3. The first-order valence-electron chi connectivity index (χ1n) is 6.09. The van der Waals surface area contributed by atoms with E-state index in [1.54, 1.807) is 30.0 Å². The van der Waals surface area contributed by atoms with E-state index in [2.05, 4.69) is 5.32 Å². The minimum atomic E-state index is -0.167. The zero-order valence-corrected chi connectivity index (χ0v) is 11.8. The number of hydrogen-bond acceptors (Lipinski definition) is 5. The Morgan fingerprint density at radius 2 is 2.26 bits per heavy atom. The maximum Gasteiger partial charge on any atom is 0.255 e. The van der Waals surface area contributed by atoms with E-state index in [1.807, 2.05) is 0 Å². The first-order chi connectivity index (χ1) is 9.19. The Morgan fingerprint density at radius 3 is 2.95 bits per heavy atom. The van der Waals surface area contributed by atoms with E-state index in [0.29, 0.717) is 23.5 Å². The highest BCUT2D eigenvalue weighted by Crippen LogP contribution is 2.21. The molecule has 6 heteroatoms. The molecule has 0 fully saturated rings. The molecular weight excluding hydrogens is 264 g/mol. The van der Waals surface area contributed by atoms with E-state index in [0.717, 1.165) is 17.9 Å². The Morgan fingerprint density at radius 1 is 1.47 bits per heavy atom. The topological polar surface area (TPSA) is 84.6 Å². The third-order valence-electron chi connectivity index (χ3n) is 2.45. The van der Waals surface area contributed by atoms with Gasteiger partial charge in [-0.15, -0.1) is 0 Å². The summed E-state index contributed by atoms with van der Waals surface area (Å²) in [5.74, 6) is 2.03. The number of carbonyl (C=O) groups excluding carboxylic acids is 1. The summed E-state index contributed by atoms with van der Waals surface area (Å²) in [7, 11) is 1.51. The molecule has 0 atom stereocenters. The van der Waals surface area contributed by atoms with Crippen molar-refractivity contribution in [1.29, 1.82) is 0 Å². The fraction of sp³-hybridized carbons (Fsp3) is 0.462. The van der Waals surface area contributed by atoms with Crippen LogP contribution in [0.25, 0.3) is 0 Å². The van der Waals surface area contributed by atoms with Gasteiger partial charge in [0.1, 0.15) is 5.75 Å². The number of benzene rings is 1. The van der Waals surface area contributed by atoms with Crippen LogP contribution in [0.2, 0.25) is 0 Å². The Balaban J connectivity index is 2.41. The molecule has 1 rings (SSSR count). The smallest absolute Gasteiger partial charge is 0.255 e. The second kappa shape index (κ2) is 8.66. The first-order valence-corrected chi connectivity index (χ1v) is 7.25. The summed E-state index contributed by atoms with van der Waals surface area (Å²) in [6.07, 6.45) is 0.782. The van der Waals surface area contributed by atoms with Gasteiger partial charge in [-0.25, -0.2) is 0 Å². The number of rotatable bonds is 8. The molecule has 1 aromatic carbocycles. The minimum Gasteiger partial charge on any atom is -0.496 e. The first kappa shape index (κ1) is 15.7. The summed E-state index contributed by atoms with van der Waals surface area (Å²) in [5.41, 5.74) is 6.68. The zero-order chi connectivity index (χ0) is 14.1. The lowest BCUT2D eigenvalue weighted by atomic mass is 10.1. The minimum absolute atomic E-state index is 0.167. The summed E-state index contributed by atoms with van der Waals surface area (Å²) in [4.78, 5) is 11.9. The van der Waals surface area contributed by atoms with E-state index >= 15 is 0 Å². The van der Waals surface area contributed by atoms with Crippen molar-refractivity contribution in [3.8, 4) is 5.75 Å². The number of aliphatic hydroxyl groups is 1. The van der Waals surface area contributed by atoms with Crippen LogP contribution in [0.1, 0.15) is 16.8 Å². The average Bonchev–Trinajstić information content (AvgIpc) is 2.42. The van der Waals surface area contributed by atoms with Gasteiger partial charge in [-0.2, -0.15) is 11.8 Å². The lowest BCUT2D eigenvalue weighted by Gasteiger charge is -2.09. The van der Waals surface area contributed by atoms with Crippen LogP contribution in [0.4, 0.5) is 5.69 Å². The van der Waals surface area contributed by atoms with Crippen LogP contribution >= 0.6 is 11.8 Å². The molecule has 1 aromatic rings. The van der Waals surface area contributed by atoms with Gasteiger partial charge in [0.2, 0.25) is 0 Å². The lowest BCUT2D eigenvalue weighted by Crippen LogP contribution is -2.26. The molecule has 0 aliphatic rings. The number of methoxy groups -OCH3 is 1. The summed E-state index contributed by atoms with van der Waals surface area (Å²) in [6, 6.07) is 4.96. The quantitative estimate of drug-likeness (QED) is 0.492. The summed E-state index contributed by atoms with van der Waals surface area (Å²) in [5, 5.41) is 11.5. The van der Waals surface area contributed by atoms with Crippen LogP contribution in [0, 0.1) is 0 Å². The monoisotopic (exact) mass is 284 g/mol. The Labute approximate surface area is 117 Å². The molecular formula is C13H20N2O3S. The van der Waals surface area contributed by atoms with Crippen LogP contribution in [0.5, 0.6) is 5.75 Å². The number of nitrogen functional groups attached to an aromatic ring is 1. The summed E-state index contributed by atoms with van der Waals surface area (Å²) < 4.78 is 5.13. The van der Waals surface area contributed by atoms with Gasteiger partial charge >= 0.3 is 0 Å². The molecule has 0 radical (unpaired) electrons. The summed E-state index contributed by atoms with van der Waals surface area (Å²) in [6.45, 7) is 0.796. The molecule has 0 spiro atoms. The number of carbonyl (C=O) groups is 1. The van der Waals surface area contributed by atoms with Crippen LogP contribution in [-0.2, 0) is 0 Å². The van der Waals surface area contributed by atoms with Crippen molar-refractivity contribution in [2.45, 2.75) is 6.42 Å². The molecule has 0 aromatic heterocycles. The van der Waals surface area contributed by atoms with Crippen LogP contribution in [0.3, 0.4) is 0 Å². The number of aliphatic hydroxyl groups excluding tert-OH is 1. The van der Waals surface area contributed by atoms with Gasteiger partial charge in [-0.05, 0) is 24.3 Å². The van der Waals surface area contributed by atoms with Gasteiger partial charge in [0, 0.05) is 30.7 Å². The zero-order valence-electron chi connectivity index (χ0n) is 11.0. The Bertz CT molecular complexity index is 413. The molecule has 0 saturated carbocycles. The highest BCUT2D eigenvalue weighted by Gasteiger charge is 2.11. The fourth-order valence-corrected chi connectivity index (χ4v) is 2.28. The number of anilines is 1. The molecule has 0 heterocycles. The van der Waals surface area contributed by atoms with Gasteiger partial charge in [0.05, 0.1) is 12.7 Å². The van der Waals surface area contributed by atoms with Gasteiger partial charge < -0.3 is 20.9 Å². The summed E-state index contributed by atoms with van der Waals surface area (Å²) >= 11 is 1.70. The van der Waals surface area contributed by atoms with Crippen LogP contribution in [-0.4, -0.2) is 42.8 Å². The van der Waals surface area contributed by atoms with Crippen molar-refractivity contribution in [2.24, 2.45) is 0 Å². The van der Waals surface area contributed by atoms with Gasteiger partial charge in [0.25, 0.3) is 5.91 Å². The van der Waals surface area contributed by atoms with Crippen molar-refractivity contribution in [1.82, 2.24) is 5.32 Å². The van der Waals surface area contributed by atoms with E-state index in [1.165, 1.54) is 7.11 Å². The fourth-order valence-electron chi connectivity index (χ4n) is 1.50. The molecule has 0 bridgehead atoms. The van der Waals surface area contributed by atoms with Crippen molar-refractivity contribution in [3.63, 3.8) is 0 Å².